The van der Waals surface area contributed by atoms with Crippen LogP contribution in [-0.2, 0) is 37.9 Å². The minimum absolute atomic E-state index is 0.128. The molecule has 10 atom stereocenters. The van der Waals surface area contributed by atoms with Gasteiger partial charge in [-0.05, 0) is 36.4 Å². The van der Waals surface area contributed by atoms with Crippen LogP contribution in [-0.4, -0.2) is 223 Å². The summed E-state index contributed by atoms with van der Waals surface area (Å²) in [6.07, 6.45) is -24.9. The van der Waals surface area contributed by atoms with Crippen LogP contribution in [0.5, 0.6) is 103 Å². The Bertz CT molecular complexity index is 4090. The number of aromatic hydroxyl groups is 18. The van der Waals surface area contributed by atoms with E-state index in [9.17, 15) is 132 Å². The summed E-state index contributed by atoms with van der Waals surface area (Å²) in [7, 11) is 0. The molecule has 0 aromatic heterocycles. The number of esters is 6. The third-order valence-corrected chi connectivity index (χ3v) is 14.6. The molecule has 2 saturated heterocycles. The first-order valence-corrected chi connectivity index (χ1v) is 25.2. The summed E-state index contributed by atoms with van der Waals surface area (Å²) in [6, 6.07) is 2.12. The molecule has 0 unspecified atom stereocenters. The van der Waals surface area contributed by atoms with Crippen LogP contribution in [0.15, 0.2) is 36.4 Å². The summed E-state index contributed by atoms with van der Waals surface area (Å²) < 4.78 is 43.9. The number of hydrogen-bond acceptors (Lipinski definition) is 36. The van der Waals surface area contributed by atoms with Crippen molar-refractivity contribution in [3.8, 4) is 137 Å². The lowest BCUT2D eigenvalue weighted by Gasteiger charge is -2.42. The molecule has 6 aromatic carbocycles. The van der Waals surface area contributed by atoms with Crippen molar-refractivity contribution >= 4 is 35.8 Å². The predicted molar refractivity (Wildman–Crippen MR) is 277 cm³/mol. The Morgan fingerprint density at radius 3 is 1.06 bits per heavy atom. The van der Waals surface area contributed by atoms with Crippen molar-refractivity contribution in [3.05, 3.63) is 69.8 Å². The van der Waals surface area contributed by atoms with Gasteiger partial charge in [-0.3, -0.25) is 0 Å². The molecular weight excluding hydrogens is 1220 g/mol. The zero-order valence-corrected chi connectivity index (χ0v) is 44.2. The van der Waals surface area contributed by atoms with Crippen molar-refractivity contribution in [3.63, 3.8) is 0 Å². The van der Waals surface area contributed by atoms with E-state index in [0.29, 0.717) is 24.3 Å². The van der Waals surface area contributed by atoms with Gasteiger partial charge in [0.05, 0.1) is 46.6 Å². The topological polar surface area (TPSA) is 621 Å². The highest BCUT2D eigenvalue weighted by atomic mass is 16.8. The molecule has 0 bridgehead atoms. The number of phenols is 18. The fourth-order valence-electron chi connectivity index (χ4n) is 10.2. The molecule has 4 aliphatic rings. The largest absolute Gasteiger partial charge is 0.504 e. The van der Waals surface area contributed by atoms with E-state index in [2.05, 4.69) is 0 Å². The van der Waals surface area contributed by atoms with Crippen LogP contribution in [0.3, 0.4) is 0 Å². The van der Waals surface area contributed by atoms with Crippen LogP contribution in [0.25, 0.3) is 33.4 Å². The van der Waals surface area contributed by atoms with Gasteiger partial charge in [-0.25, -0.2) is 28.8 Å². The van der Waals surface area contributed by atoms with Crippen LogP contribution in [0.2, 0.25) is 0 Å². The predicted octanol–water partition coefficient (Wildman–Crippen LogP) is -0.613. The van der Waals surface area contributed by atoms with E-state index < -0.39 is 281 Å². The molecular formula is C54H42O36. The number of ether oxygens (including phenoxy) is 8. The Labute approximate surface area is 495 Å². The first-order chi connectivity index (χ1) is 42.3. The maximum Gasteiger partial charge on any atom is 0.341 e. The highest BCUT2D eigenvalue weighted by Crippen LogP contribution is 2.60. The second-order valence-electron chi connectivity index (χ2n) is 19.8. The van der Waals surface area contributed by atoms with Crippen molar-refractivity contribution in [2.24, 2.45) is 0 Å². The molecule has 474 valence electrons. The Morgan fingerprint density at radius 2 is 0.656 bits per heavy atom. The zero-order valence-electron chi connectivity index (χ0n) is 44.2. The summed E-state index contributed by atoms with van der Waals surface area (Å²) in [5, 5.41) is 241. The first-order valence-electron chi connectivity index (χ1n) is 25.2. The number of carbonyl (C=O) groups excluding carboxylic acids is 6. The highest BCUT2D eigenvalue weighted by Gasteiger charge is 2.55. The number of benzene rings is 6. The first kappa shape index (κ1) is 61.4. The fourth-order valence-corrected chi connectivity index (χ4v) is 10.2. The zero-order chi connectivity index (χ0) is 65.9. The number of rotatable bonds is 7. The van der Waals surface area contributed by atoms with Gasteiger partial charge in [0.2, 0.25) is 53.5 Å². The van der Waals surface area contributed by atoms with Crippen LogP contribution >= 0.6 is 0 Å². The molecule has 10 rings (SSSR count). The van der Waals surface area contributed by atoms with Gasteiger partial charge >= 0.3 is 35.8 Å². The molecule has 0 aliphatic carbocycles. The number of fused-ring (bicyclic) bond motifs is 8. The van der Waals surface area contributed by atoms with Gasteiger partial charge in [-0.15, -0.1) is 0 Å². The summed E-state index contributed by atoms with van der Waals surface area (Å²) in [6.45, 7) is -2.63. The van der Waals surface area contributed by atoms with Crippen molar-refractivity contribution < 1.29 is 179 Å². The van der Waals surface area contributed by atoms with Crippen LogP contribution in [0, 0.1) is 0 Å². The standard InChI is InChI=1S/C54H42O36/c55-7-20-35(69)44-46(53(83-20)89-47(77)9-1-14(57)29(63)15(58)2-9)88-52(82)28-26(24-12(49(79)86-44)5-18(61)32(66)38(24)72)40(74)42(76)41(75)27(28)25-13(6-19(62)33(67)39(25)73)51(81)90-54-45-43(34(68)21(8-56)84-54)85-48(78)10-3-16(59)30(64)36(70)22(10)23-11(50(80)87-45)4-17(60)31(65)37(23)71/h1-6,20-21,34-35,43-46,53-76H,7-8H2/t20-,21-,34-,35-,43+,44+,45-,46-,53+,54+/m1/s1. The minimum Gasteiger partial charge on any atom is -0.504 e. The normalized spacial score (nSPS) is 22.9. The molecule has 0 amide bonds. The lowest BCUT2D eigenvalue weighted by molar-refractivity contribution is -0.283. The molecule has 0 radical (unpaired) electrons. The van der Waals surface area contributed by atoms with Crippen LogP contribution in [0.1, 0.15) is 62.1 Å². The van der Waals surface area contributed by atoms with E-state index in [1.165, 1.54) is 0 Å². The third-order valence-electron chi connectivity index (χ3n) is 14.6. The maximum atomic E-state index is 15.4. The van der Waals surface area contributed by atoms with Gasteiger partial charge in [0.15, 0.2) is 87.0 Å². The van der Waals surface area contributed by atoms with E-state index in [1.54, 1.807) is 0 Å². The lowest BCUT2D eigenvalue weighted by atomic mass is 9.84. The fraction of sp³-hybridized carbons (Fsp3) is 0.222. The Morgan fingerprint density at radius 1 is 0.344 bits per heavy atom. The number of aliphatic hydroxyl groups is 4. The molecule has 90 heavy (non-hydrogen) atoms. The van der Waals surface area contributed by atoms with Crippen molar-refractivity contribution in [2.75, 3.05) is 13.2 Å². The molecule has 0 saturated carbocycles. The minimum atomic E-state index is -2.80. The quantitative estimate of drug-likeness (QED) is 0.0538. The van der Waals surface area contributed by atoms with E-state index in [1.807, 2.05) is 0 Å². The van der Waals surface area contributed by atoms with Gasteiger partial charge in [-0.1, -0.05) is 0 Å². The SMILES string of the molecule is O=C(O[C@@H]1O[C@H](CO)[C@@H](O)[C@@H]2OC(=O)c3cc(O)c(O)c(O)c3-c3c(O)c(O)c(O)c(-c4c(C(=O)O[C@@H]5O[C@H](CO)[C@@H](O)[C@@H]6OC(=O)c7cc(O)c(O)c(O)c7-c7c(cc(O)c(O)c7O)C(=O)O[C@@H]56)cc(O)c(O)c4O)c3C(=O)O[C@@H]12)c1cc(O)c(O)c(O)c1. The molecule has 0 spiro atoms. The number of carbonyl (C=O) groups is 6. The second-order valence-corrected chi connectivity index (χ2v) is 19.8. The Balaban J connectivity index is 1.17. The van der Waals surface area contributed by atoms with Crippen molar-refractivity contribution in [2.45, 2.75) is 61.4 Å². The average Bonchev–Trinajstić information content (AvgIpc) is 0.763. The highest BCUT2D eigenvalue weighted by molar-refractivity contribution is 6.16. The molecule has 36 nitrogen and oxygen atoms in total. The molecule has 36 heteroatoms. The van der Waals surface area contributed by atoms with Crippen molar-refractivity contribution in [1.82, 2.24) is 0 Å². The smallest absolute Gasteiger partial charge is 0.341 e. The Hall–Kier alpha value is -11.7. The van der Waals surface area contributed by atoms with Crippen LogP contribution < -0.4 is 0 Å². The second kappa shape index (κ2) is 22.2. The Kier molecular flexibility index (Phi) is 15.2. The van der Waals surface area contributed by atoms with Gasteiger partial charge in [-0.2, -0.15) is 0 Å². The molecule has 6 aromatic rings. The van der Waals surface area contributed by atoms with Gasteiger partial charge in [0.25, 0.3) is 0 Å². The van der Waals surface area contributed by atoms with Gasteiger partial charge < -0.3 is 150 Å². The monoisotopic (exact) mass is 1270 g/mol. The summed E-state index contributed by atoms with van der Waals surface area (Å²) in [4.78, 5) is 87.1. The maximum absolute atomic E-state index is 15.4. The van der Waals surface area contributed by atoms with Gasteiger partial charge in [0, 0.05) is 33.4 Å². The molecule has 22 N–H and O–H groups in total. The lowest BCUT2D eigenvalue weighted by Crippen LogP contribution is -2.62. The number of phenolic OH excluding ortho intramolecular Hbond substituents is 18. The van der Waals surface area contributed by atoms with E-state index in [-0.39, 0.29) is 12.1 Å². The number of hydrogen-bond donors (Lipinski definition) is 22. The summed E-state index contributed by atoms with van der Waals surface area (Å²) in [5.41, 5.74) is -16.3. The van der Waals surface area contributed by atoms with E-state index in [0.717, 1.165) is 0 Å². The van der Waals surface area contributed by atoms with Gasteiger partial charge in [0.1, 0.15) is 24.4 Å². The van der Waals surface area contributed by atoms with E-state index >= 15 is 9.59 Å². The molecule has 4 aliphatic heterocycles. The van der Waals surface area contributed by atoms with E-state index in [4.69, 9.17) is 37.9 Å². The summed E-state index contributed by atoms with van der Waals surface area (Å²) in [5.74, 6) is -39.4. The average molecular weight is 1270 g/mol. The molecule has 2 fully saturated rings. The summed E-state index contributed by atoms with van der Waals surface area (Å²) >= 11 is 0. The molecule has 4 heterocycles. The number of aliphatic hydroxyl groups excluding tert-OH is 4. The van der Waals surface area contributed by atoms with Crippen LogP contribution in [0.4, 0.5) is 0 Å². The van der Waals surface area contributed by atoms with Crippen molar-refractivity contribution in [1.29, 1.82) is 0 Å². The third kappa shape index (κ3) is 9.60.